The number of rotatable bonds is 2. The largest absolute Gasteiger partial charge is 0.353 e. The molecule has 0 spiro atoms. The van der Waals surface area contributed by atoms with E-state index >= 15 is 0 Å². The van der Waals surface area contributed by atoms with Crippen LogP contribution in [-0.4, -0.2) is 15.0 Å². The van der Waals surface area contributed by atoms with Gasteiger partial charge in [0.15, 0.2) is 0 Å². The predicted octanol–water partition coefficient (Wildman–Crippen LogP) is 3.83. The molecule has 0 radical (unpaired) electrons. The second kappa shape index (κ2) is 6.26. The summed E-state index contributed by atoms with van der Waals surface area (Å²) in [6.45, 7) is 1.95. The van der Waals surface area contributed by atoms with Crippen LogP contribution in [0.4, 0.5) is 0 Å². The Labute approximate surface area is 149 Å². The van der Waals surface area contributed by atoms with Crippen molar-refractivity contribution in [3.05, 3.63) is 82.5 Å². The molecule has 26 heavy (non-hydrogen) atoms. The Hall–Kier alpha value is -3.78. The average molecular weight is 338 g/mol. The fourth-order valence-corrected chi connectivity index (χ4v) is 3.01. The molecular formula is C21H14N4O. The molecule has 0 saturated heterocycles. The van der Waals surface area contributed by atoms with E-state index in [-0.39, 0.29) is 11.0 Å². The number of benzene rings is 1. The first kappa shape index (κ1) is 15.7. The molecule has 5 heteroatoms. The fourth-order valence-electron chi connectivity index (χ4n) is 3.01. The summed E-state index contributed by atoms with van der Waals surface area (Å²) < 4.78 is 0. The summed E-state index contributed by atoms with van der Waals surface area (Å²) in [7, 11) is 0. The van der Waals surface area contributed by atoms with Crippen molar-refractivity contribution in [2.45, 2.75) is 6.92 Å². The van der Waals surface area contributed by atoms with Gasteiger partial charge >= 0.3 is 0 Å². The molecule has 0 saturated carbocycles. The van der Waals surface area contributed by atoms with E-state index in [0.29, 0.717) is 16.6 Å². The lowest BCUT2D eigenvalue weighted by molar-refractivity contribution is 1.20. The molecule has 1 aromatic carbocycles. The number of aromatic nitrogens is 3. The Kier molecular flexibility index (Phi) is 3.79. The number of aromatic amines is 1. The number of nitriles is 1. The van der Waals surface area contributed by atoms with Gasteiger partial charge in [-0.3, -0.25) is 14.8 Å². The molecule has 0 unspecified atom stereocenters. The number of fused-ring (bicyclic) bond motifs is 1. The molecule has 0 fully saturated rings. The third-order valence-corrected chi connectivity index (χ3v) is 4.32. The molecule has 4 rings (SSSR count). The molecule has 4 aromatic rings. The standard InChI is InChI=1S/C21H14N4O/c1-13-10-16(6-9-24-13)14-2-4-15(5-3-14)20-17(11-22)21(26)18-12-23-8-7-19(18)25-20/h2-10,12H,1H3,(H,25,26). The fraction of sp³-hybridized carbons (Fsp3) is 0.0476. The monoisotopic (exact) mass is 338 g/mol. The normalized spacial score (nSPS) is 10.6. The molecule has 0 aliphatic carbocycles. The molecule has 0 aliphatic rings. The maximum atomic E-state index is 12.6. The van der Waals surface area contributed by atoms with E-state index < -0.39 is 0 Å². The van der Waals surface area contributed by atoms with E-state index in [4.69, 9.17) is 0 Å². The van der Waals surface area contributed by atoms with Gasteiger partial charge in [-0.1, -0.05) is 24.3 Å². The zero-order valence-electron chi connectivity index (χ0n) is 14.0. The summed E-state index contributed by atoms with van der Waals surface area (Å²) in [5, 5.41) is 9.90. The highest BCUT2D eigenvalue weighted by molar-refractivity contribution is 5.84. The van der Waals surface area contributed by atoms with E-state index in [0.717, 1.165) is 22.4 Å². The second-order valence-electron chi connectivity index (χ2n) is 6.00. The first-order valence-corrected chi connectivity index (χ1v) is 8.11. The lowest BCUT2D eigenvalue weighted by atomic mass is 10.00. The van der Waals surface area contributed by atoms with Crippen molar-refractivity contribution in [1.29, 1.82) is 5.26 Å². The van der Waals surface area contributed by atoms with Crippen molar-refractivity contribution in [2.75, 3.05) is 0 Å². The molecule has 1 N–H and O–H groups in total. The van der Waals surface area contributed by atoms with Crippen LogP contribution in [0.5, 0.6) is 0 Å². The highest BCUT2D eigenvalue weighted by Crippen LogP contribution is 2.26. The Morgan fingerprint density at radius 2 is 1.77 bits per heavy atom. The van der Waals surface area contributed by atoms with Crippen LogP contribution in [0.1, 0.15) is 11.3 Å². The summed E-state index contributed by atoms with van der Waals surface area (Å²) in [6.07, 6.45) is 4.87. The third-order valence-electron chi connectivity index (χ3n) is 4.32. The lowest BCUT2D eigenvalue weighted by Gasteiger charge is -2.08. The van der Waals surface area contributed by atoms with Crippen molar-refractivity contribution < 1.29 is 0 Å². The first-order chi connectivity index (χ1) is 12.7. The van der Waals surface area contributed by atoms with E-state index in [1.54, 1.807) is 18.5 Å². The van der Waals surface area contributed by atoms with Crippen molar-refractivity contribution in [2.24, 2.45) is 0 Å². The Balaban J connectivity index is 1.86. The quantitative estimate of drug-likeness (QED) is 0.602. The number of H-pyrrole nitrogens is 1. The Bertz CT molecular complexity index is 1220. The summed E-state index contributed by atoms with van der Waals surface area (Å²) in [6, 6.07) is 15.5. The van der Waals surface area contributed by atoms with Crippen molar-refractivity contribution in [3.63, 3.8) is 0 Å². The van der Waals surface area contributed by atoms with E-state index in [1.807, 2.05) is 49.4 Å². The van der Waals surface area contributed by atoms with Crippen molar-refractivity contribution in [1.82, 2.24) is 15.0 Å². The van der Waals surface area contributed by atoms with Crippen LogP contribution in [0, 0.1) is 18.3 Å². The zero-order chi connectivity index (χ0) is 18.1. The highest BCUT2D eigenvalue weighted by atomic mass is 16.1. The minimum Gasteiger partial charge on any atom is -0.353 e. The Morgan fingerprint density at radius 1 is 1.00 bits per heavy atom. The van der Waals surface area contributed by atoms with Crippen LogP contribution in [0.2, 0.25) is 0 Å². The predicted molar refractivity (Wildman–Crippen MR) is 100 cm³/mol. The smallest absolute Gasteiger partial charge is 0.209 e. The van der Waals surface area contributed by atoms with Gasteiger partial charge in [0.1, 0.15) is 11.6 Å². The average Bonchev–Trinajstić information content (AvgIpc) is 2.68. The minimum absolute atomic E-state index is 0.0954. The topological polar surface area (TPSA) is 82.4 Å². The van der Waals surface area contributed by atoms with Crippen molar-refractivity contribution >= 4 is 10.9 Å². The van der Waals surface area contributed by atoms with Gasteiger partial charge in [-0.25, -0.2) is 0 Å². The van der Waals surface area contributed by atoms with E-state index in [2.05, 4.69) is 15.0 Å². The third kappa shape index (κ3) is 2.64. The minimum atomic E-state index is -0.307. The number of nitrogens with zero attached hydrogens (tertiary/aromatic N) is 3. The lowest BCUT2D eigenvalue weighted by Crippen LogP contribution is -2.10. The summed E-state index contributed by atoms with van der Waals surface area (Å²) in [4.78, 5) is 24.0. The van der Waals surface area contributed by atoms with Gasteiger partial charge in [-0.05, 0) is 41.8 Å². The number of pyridine rings is 3. The summed E-state index contributed by atoms with van der Waals surface area (Å²) in [5.74, 6) is 0. The second-order valence-corrected chi connectivity index (χ2v) is 6.00. The van der Waals surface area contributed by atoms with Crippen LogP contribution in [0.25, 0.3) is 33.3 Å². The summed E-state index contributed by atoms with van der Waals surface area (Å²) in [5.41, 5.74) is 4.82. The van der Waals surface area contributed by atoms with Gasteiger partial charge in [0.2, 0.25) is 5.43 Å². The van der Waals surface area contributed by atoms with Crippen LogP contribution in [0.3, 0.4) is 0 Å². The molecule has 3 heterocycles. The number of nitrogens with one attached hydrogen (secondary N) is 1. The van der Waals surface area contributed by atoms with Crippen LogP contribution < -0.4 is 5.43 Å². The van der Waals surface area contributed by atoms with E-state index in [9.17, 15) is 10.1 Å². The first-order valence-electron chi connectivity index (χ1n) is 8.11. The van der Waals surface area contributed by atoms with Gasteiger partial charge in [-0.15, -0.1) is 0 Å². The highest BCUT2D eigenvalue weighted by Gasteiger charge is 2.13. The van der Waals surface area contributed by atoms with Gasteiger partial charge in [-0.2, -0.15) is 5.26 Å². The van der Waals surface area contributed by atoms with Crippen molar-refractivity contribution in [3.8, 4) is 28.5 Å². The molecular weight excluding hydrogens is 324 g/mol. The zero-order valence-corrected chi connectivity index (χ0v) is 14.0. The molecule has 3 aromatic heterocycles. The maximum absolute atomic E-state index is 12.6. The molecule has 0 bridgehead atoms. The molecule has 0 aliphatic heterocycles. The molecule has 0 amide bonds. The van der Waals surface area contributed by atoms with Crippen LogP contribution >= 0.6 is 0 Å². The molecule has 5 nitrogen and oxygen atoms in total. The summed E-state index contributed by atoms with van der Waals surface area (Å²) >= 11 is 0. The Morgan fingerprint density at radius 3 is 2.50 bits per heavy atom. The number of hydrogen-bond donors (Lipinski definition) is 1. The number of hydrogen-bond acceptors (Lipinski definition) is 4. The molecule has 124 valence electrons. The van der Waals surface area contributed by atoms with Gasteiger partial charge in [0.05, 0.1) is 16.6 Å². The maximum Gasteiger partial charge on any atom is 0.209 e. The van der Waals surface area contributed by atoms with Crippen LogP contribution in [-0.2, 0) is 0 Å². The van der Waals surface area contributed by atoms with Crippen LogP contribution in [0.15, 0.2) is 65.8 Å². The van der Waals surface area contributed by atoms with Gasteiger partial charge < -0.3 is 4.98 Å². The molecule has 0 atom stereocenters. The van der Waals surface area contributed by atoms with Gasteiger partial charge in [0.25, 0.3) is 0 Å². The SMILES string of the molecule is Cc1cc(-c2ccc(-c3[nH]c4ccncc4c(=O)c3C#N)cc2)ccn1. The number of aryl methyl sites for hydroxylation is 1. The van der Waals surface area contributed by atoms with Gasteiger partial charge in [0, 0.05) is 24.3 Å². The van der Waals surface area contributed by atoms with E-state index in [1.165, 1.54) is 6.20 Å².